The zero-order valence-electron chi connectivity index (χ0n) is 13.4. The summed E-state index contributed by atoms with van der Waals surface area (Å²) in [5.41, 5.74) is 0.537. The molecular weight excluding hydrogens is 357 g/mol. The number of aryl methyl sites for hydroxylation is 1. The highest BCUT2D eigenvalue weighted by molar-refractivity contribution is 7.92. The van der Waals surface area contributed by atoms with Gasteiger partial charge >= 0.3 is 0 Å². The van der Waals surface area contributed by atoms with Gasteiger partial charge in [0.1, 0.15) is 6.54 Å². The van der Waals surface area contributed by atoms with Gasteiger partial charge in [-0.2, -0.15) is 0 Å². The standard InChI is InChI=1S/C16H15F3N2O3S/c1-10-4-3-5-11(8-10)20-14(22)9-21(25(2,23)24)13-7-6-12(17)15(18)16(13)19/h3-8H,9H2,1-2H3,(H,20,22). The Labute approximate surface area is 143 Å². The Hall–Kier alpha value is -2.55. The first-order valence-electron chi connectivity index (χ1n) is 7.07. The first-order chi connectivity index (χ1) is 11.6. The molecule has 0 saturated heterocycles. The predicted octanol–water partition coefficient (Wildman–Crippen LogP) is 2.82. The van der Waals surface area contributed by atoms with Crippen LogP contribution in [0.1, 0.15) is 5.56 Å². The first kappa shape index (κ1) is 18.8. The fraction of sp³-hybridized carbons (Fsp3) is 0.188. The number of benzene rings is 2. The van der Waals surface area contributed by atoms with Gasteiger partial charge in [-0.3, -0.25) is 9.10 Å². The van der Waals surface area contributed by atoms with Crippen molar-refractivity contribution in [2.45, 2.75) is 6.92 Å². The molecule has 25 heavy (non-hydrogen) atoms. The summed E-state index contributed by atoms with van der Waals surface area (Å²) in [6.45, 7) is 1.00. The minimum Gasteiger partial charge on any atom is -0.325 e. The van der Waals surface area contributed by atoms with Crippen LogP contribution in [0.4, 0.5) is 24.5 Å². The lowest BCUT2D eigenvalue weighted by Crippen LogP contribution is -2.38. The molecule has 0 atom stereocenters. The smallest absolute Gasteiger partial charge is 0.245 e. The van der Waals surface area contributed by atoms with Crippen molar-refractivity contribution in [3.8, 4) is 0 Å². The van der Waals surface area contributed by atoms with Gasteiger partial charge in [0, 0.05) is 5.69 Å². The van der Waals surface area contributed by atoms with E-state index in [1.807, 2.05) is 0 Å². The lowest BCUT2D eigenvalue weighted by molar-refractivity contribution is -0.114. The number of carbonyl (C=O) groups is 1. The van der Waals surface area contributed by atoms with Crippen LogP contribution in [0.15, 0.2) is 36.4 Å². The summed E-state index contributed by atoms with van der Waals surface area (Å²) in [4.78, 5) is 12.1. The van der Waals surface area contributed by atoms with Crippen LogP contribution >= 0.6 is 0 Å². The molecular formula is C16H15F3N2O3S. The van der Waals surface area contributed by atoms with E-state index in [1.165, 1.54) is 0 Å². The first-order valence-corrected chi connectivity index (χ1v) is 8.92. The van der Waals surface area contributed by atoms with Crippen molar-refractivity contribution in [3.05, 3.63) is 59.4 Å². The number of hydrogen-bond acceptors (Lipinski definition) is 3. The van der Waals surface area contributed by atoms with Gasteiger partial charge in [-0.05, 0) is 36.8 Å². The Morgan fingerprint density at radius 1 is 1.12 bits per heavy atom. The summed E-state index contributed by atoms with van der Waals surface area (Å²) in [7, 11) is -4.12. The van der Waals surface area contributed by atoms with Crippen molar-refractivity contribution in [3.63, 3.8) is 0 Å². The lowest BCUT2D eigenvalue weighted by Gasteiger charge is -2.22. The predicted molar refractivity (Wildman–Crippen MR) is 88.3 cm³/mol. The van der Waals surface area contributed by atoms with Crippen LogP contribution in [0.2, 0.25) is 0 Å². The van der Waals surface area contributed by atoms with Gasteiger partial charge in [0.25, 0.3) is 0 Å². The molecule has 134 valence electrons. The molecule has 2 aromatic carbocycles. The molecule has 5 nitrogen and oxygen atoms in total. The normalized spacial score (nSPS) is 11.2. The Balaban J connectivity index is 2.31. The Morgan fingerprint density at radius 3 is 2.40 bits per heavy atom. The average molecular weight is 372 g/mol. The molecule has 0 spiro atoms. The fourth-order valence-electron chi connectivity index (χ4n) is 2.14. The SMILES string of the molecule is Cc1cccc(NC(=O)CN(c2ccc(F)c(F)c2F)S(C)(=O)=O)c1. The molecule has 1 amide bonds. The highest BCUT2D eigenvalue weighted by Crippen LogP contribution is 2.25. The summed E-state index contributed by atoms with van der Waals surface area (Å²) >= 11 is 0. The molecule has 0 saturated carbocycles. The average Bonchev–Trinajstić information content (AvgIpc) is 2.50. The summed E-state index contributed by atoms with van der Waals surface area (Å²) in [5.74, 6) is -5.72. The second kappa shape index (κ2) is 7.14. The zero-order valence-corrected chi connectivity index (χ0v) is 14.2. The number of nitrogens with zero attached hydrogens (tertiary/aromatic N) is 1. The third-order valence-electron chi connectivity index (χ3n) is 3.27. The molecule has 0 aromatic heterocycles. The molecule has 0 aliphatic rings. The maximum atomic E-state index is 13.9. The van der Waals surface area contributed by atoms with E-state index in [2.05, 4.69) is 5.32 Å². The summed E-state index contributed by atoms with van der Waals surface area (Å²) in [5, 5.41) is 2.47. The molecule has 0 bridgehead atoms. The number of halogens is 3. The van der Waals surface area contributed by atoms with Gasteiger partial charge in [-0.25, -0.2) is 21.6 Å². The number of carbonyl (C=O) groups excluding carboxylic acids is 1. The van der Waals surface area contributed by atoms with Crippen molar-refractivity contribution < 1.29 is 26.4 Å². The molecule has 0 fully saturated rings. The zero-order chi connectivity index (χ0) is 18.8. The van der Waals surface area contributed by atoms with Crippen LogP contribution in [0.3, 0.4) is 0 Å². The third-order valence-corrected chi connectivity index (χ3v) is 4.40. The molecule has 0 aliphatic carbocycles. The molecule has 1 N–H and O–H groups in total. The highest BCUT2D eigenvalue weighted by Gasteiger charge is 2.26. The number of nitrogens with one attached hydrogen (secondary N) is 1. The van der Waals surface area contributed by atoms with Crippen LogP contribution in [0, 0.1) is 24.4 Å². The van der Waals surface area contributed by atoms with Crippen molar-refractivity contribution in [1.82, 2.24) is 0 Å². The van der Waals surface area contributed by atoms with Crippen molar-refractivity contribution in [2.75, 3.05) is 22.4 Å². The molecule has 0 unspecified atom stereocenters. The van der Waals surface area contributed by atoms with Crippen LogP contribution in [-0.4, -0.2) is 27.1 Å². The Bertz CT molecular complexity index is 917. The van der Waals surface area contributed by atoms with Crippen molar-refractivity contribution in [2.24, 2.45) is 0 Å². The van der Waals surface area contributed by atoms with E-state index in [0.717, 1.165) is 17.9 Å². The lowest BCUT2D eigenvalue weighted by atomic mass is 10.2. The molecule has 2 rings (SSSR count). The molecule has 9 heteroatoms. The molecule has 2 aromatic rings. The fourth-order valence-corrected chi connectivity index (χ4v) is 2.99. The minimum atomic E-state index is -4.12. The summed E-state index contributed by atoms with van der Waals surface area (Å²) < 4.78 is 64.5. The van der Waals surface area contributed by atoms with E-state index in [9.17, 15) is 26.4 Å². The molecule has 0 radical (unpaired) electrons. The van der Waals surface area contributed by atoms with Crippen LogP contribution in [-0.2, 0) is 14.8 Å². The number of hydrogen-bond donors (Lipinski definition) is 1. The topological polar surface area (TPSA) is 66.5 Å². The van der Waals surface area contributed by atoms with Gasteiger partial charge in [0.15, 0.2) is 17.5 Å². The number of sulfonamides is 1. The van der Waals surface area contributed by atoms with E-state index in [1.54, 1.807) is 31.2 Å². The second-order valence-corrected chi connectivity index (χ2v) is 7.29. The van der Waals surface area contributed by atoms with E-state index in [0.29, 0.717) is 16.1 Å². The van der Waals surface area contributed by atoms with Gasteiger partial charge in [0.05, 0.1) is 11.9 Å². The quantitative estimate of drug-likeness (QED) is 0.821. The summed E-state index contributed by atoms with van der Waals surface area (Å²) in [6, 6.07) is 8.08. The van der Waals surface area contributed by atoms with Crippen molar-refractivity contribution >= 4 is 27.3 Å². The maximum Gasteiger partial charge on any atom is 0.245 e. The monoisotopic (exact) mass is 372 g/mol. The number of rotatable bonds is 5. The van der Waals surface area contributed by atoms with E-state index >= 15 is 0 Å². The number of amides is 1. The van der Waals surface area contributed by atoms with Gasteiger partial charge in [0.2, 0.25) is 15.9 Å². The van der Waals surface area contributed by atoms with Crippen LogP contribution < -0.4 is 9.62 Å². The minimum absolute atomic E-state index is 0.371. The van der Waals surface area contributed by atoms with Crippen LogP contribution in [0.25, 0.3) is 0 Å². The van der Waals surface area contributed by atoms with E-state index in [4.69, 9.17) is 0 Å². The number of anilines is 2. The van der Waals surface area contributed by atoms with E-state index < -0.39 is 45.6 Å². The van der Waals surface area contributed by atoms with E-state index in [-0.39, 0.29) is 0 Å². The van der Waals surface area contributed by atoms with Gasteiger partial charge in [-0.15, -0.1) is 0 Å². The van der Waals surface area contributed by atoms with Gasteiger partial charge < -0.3 is 5.32 Å². The Kier molecular flexibility index (Phi) is 5.36. The second-order valence-electron chi connectivity index (χ2n) is 5.38. The van der Waals surface area contributed by atoms with Crippen molar-refractivity contribution in [1.29, 1.82) is 0 Å². The third kappa shape index (κ3) is 4.50. The largest absolute Gasteiger partial charge is 0.325 e. The highest BCUT2D eigenvalue weighted by atomic mass is 32.2. The summed E-state index contributed by atoms with van der Waals surface area (Å²) in [6.07, 6.45) is 0.730. The molecule has 0 heterocycles. The van der Waals surface area contributed by atoms with Crippen LogP contribution in [0.5, 0.6) is 0 Å². The Morgan fingerprint density at radius 2 is 1.80 bits per heavy atom. The maximum absolute atomic E-state index is 13.9. The molecule has 0 aliphatic heterocycles. The van der Waals surface area contributed by atoms with Gasteiger partial charge in [-0.1, -0.05) is 12.1 Å².